The van der Waals surface area contributed by atoms with Crippen LogP contribution in [0.25, 0.3) is 0 Å². The van der Waals surface area contributed by atoms with Crippen molar-refractivity contribution in [3.63, 3.8) is 0 Å². The molecule has 1 fully saturated rings. The number of anilines is 1. The van der Waals surface area contributed by atoms with Gasteiger partial charge in [0.25, 0.3) is 5.91 Å². The Hall–Kier alpha value is -1.22. The Morgan fingerprint density at radius 1 is 1.40 bits per heavy atom. The number of nitrogens with one attached hydrogen (secondary N) is 1. The maximum Gasteiger partial charge on any atom is 0.255 e. The second kappa shape index (κ2) is 6.49. The molecule has 1 saturated carbocycles. The highest BCUT2D eigenvalue weighted by molar-refractivity contribution is 6.31. The molecule has 1 N–H and O–H groups in total. The molecule has 0 aromatic heterocycles. The highest BCUT2D eigenvalue weighted by atomic mass is 35.5. The number of halogens is 1. The van der Waals surface area contributed by atoms with Gasteiger partial charge in [-0.2, -0.15) is 0 Å². The van der Waals surface area contributed by atoms with Gasteiger partial charge in [-0.15, -0.1) is 0 Å². The second-order valence-corrected chi connectivity index (χ2v) is 6.25. The highest BCUT2D eigenvalue weighted by Gasteiger charge is 2.24. The zero-order valence-electron chi connectivity index (χ0n) is 12.4. The van der Waals surface area contributed by atoms with Crippen LogP contribution in [-0.2, 0) is 0 Å². The first-order valence-corrected chi connectivity index (χ1v) is 7.66. The molecule has 3 nitrogen and oxygen atoms in total. The van der Waals surface area contributed by atoms with E-state index in [1.807, 2.05) is 6.07 Å². The van der Waals surface area contributed by atoms with Crippen LogP contribution >= 0.6 is 11.6 Å². The summed E-state index contributed by atoms with van der Waals surface area (Å²) < 4.78 is 0. The van der Waals surface area contributed by atoms with Crippen molar-refractivity contribution in [2.24, 2.45) is 5.92 Å². The summed E-state index contributed by atoms with van der Waals surface area (Å²) in [5.74, 6) is 0.814. The van der Waals surface area contributed by atoms with E-state index in [2.05, 4.69) is 12.2 Å². The summed E-state index contributed by atoms with van der Waals surface area (Å²) in [6, 6.07) is 5.89. The molecule has 0 heterocycles. The average Bonchev–Trinajstić information content (AvgIpc) is 2.86. The molecule has 4 heteroatoms. The van der Waals surface area contributed by atoms with Crippen molar-refractivity contribution in [2.75, 3.05) is 19.4 Å². The van der Waals surface area contributed by atoms with Crippen LogP contribution in [0, 0.1) is 5.92 Å². The van der Waals surface area contributed by atoms with E-state index >= 15 is 0 Å². The van der Waals surface area contributed by atoms with Gasteiger partial charge < -0.3 is 10.2 Å². The maximum absolute atomic E-state index is 12.2. The Morgan fingerprint density at radius 2 is 2.15 bits per heavy atom. The number of carbonyl (C=O) groups excluding carboxylic acids is 1. The topological polar surface area (TPSA) is 32.3 Å². The van der Waals surface area contributed by atoms with Crippen molar-refractivity contribution in [1.29, 1.82) is 0 Å². The fourth-order valence-corrected chi connectivity index (χ4v) is 3.03. The summed E-state index contributed by atoms with van der Waals surface area (Å²) in [5, 5.41) is 4.18. The lowest BCUT2D eigenvalue weighted by molar-refractivity contribution is 0.0828. The molecule has 2 rings (SSSR count). The maximum atomic E-state index is 12.2. The van der Waals surface area contributed by atoms with Gasteiger partial charge in [0, 0.05) is 30.8 Å². The third-order valence-corrected chi connectivity index (χ3v) is 4.33. The van der Waals surface area contributed by atoms with Gasteiger partial charge >= 0.3 is 0 Å². The normalized spacial score (nSPS) is 21.8. The van der Waals surface area contributed by atoms with Crippen LogP contribution in [-0.4, -0.2) is 30.9 Å². The number of rotatable bonds is 4. The molecular formula is C16H23ClN2O. The Labute approximate surface area is 126 Å². The predicted molar refractivity (Wildman–Crippen MR) is 84.5 cm³/mol. The van der Waals surface area contributed by atoms with Gasteiger partial charge in [0.05, 0.1) is 5.56 Å². The Morgan fingerprint density at radius 3 is 2.75 bits per heavy atom. The minimum atomic E-state index is 0.00852. The van der Waals surface area contributed by atoms with Crippen molar-refractivity contribution in [1.82, 2.24) is 4.90 Å². The Bertz CT molecular complexity index is 487. The molecule has 2 atom stereocenters. The fraction of sp³-hybridized carbons (Fsp3) is 0.562. The molecule has 0 aliphatic heterocycles. The van der Waals surface area contributed by atoms with Crippen LogP contribution < -0.4 is 5.32 Å². The number of hydrogen-bond donors (Lipinski definition) is 1. The molecule has 1 aromatic carbocycles. The molecule has 0 spiro atoms. The lowest BCUT2D eigenvalue weighted by atomic mass is 10.1. The van der Waals surface area contributed by atoms with Crippen molar-refractivity contribution in [2.45, 2.75) is 38.6 Å². The molecule has 1 amide bonds. The van der Waals surface area contributed by atoms with E-state index in [-0.39, 0.29) is 5.91 Å². The molecule has 2 unspecified atom stereocenters. The average molecular weight is 295 g/mol. The third-order valence-electron chi connectivity index (χ3n) is 4.10. The molecular weight excluding hydrogens is 272 g/mol. The van der Waals surface area contributed by atoms with Crippen molar-refractivity contribution in [3.05, 3.63) is 28.8 Å². The van der Waals surface area contributed by atoms with E-state index in [9.17, 15) is 4.79 Å². The summed E-state index contributed by atoms with van der Waals surface area (Å²) in [7, 11) is 3.53. The number of carbonyl (C=O) groups is 1. The third kappa shape index (κ3) is 3.45. The largest absolute Gasteiger partial charge is 0.382 e. The zero-order chi connectivity index (χ0) is 14.7. The van der Waals surface area contributed by atoms with Gasteiger partial charge in [0.1, 0.15) is 0 Å². The quantitative estimate of drug-likeness (QED) is 0.909. The Balaban J connectivity index is 2.18. The first-order chi connectivity index (χ1) is 9.51. The van der Waals surface area contributed by atoms with Crippen LogP contribution in [0.3, 0.4) is 0 Å². The predicted octanol–water partition coefficient (Wildman–Crippen LogP) is 4.03. The molecule has 0 saturated heterocycles. The SMILES string of the molecule is CCC1CCC(Nc2cc(Cl)ccc2C(=O)N(C)C)C1. The van der Waals surface area contributed by atoms with Gasteiger partial charge in [0.2, 0.25) is 0 Å². The van der Waals surface area contributed by atoms with Gasteiger partial charge in [-0.1, -0.05) is 24.9 Å². The van der Waals surface area contributed by atoms with Crippen LogP contribution in [0.1, 0.15) is 43.0 Å². The van der Waals surface area contributed by atoms with Gasteiger partial charge in [-0.3, -0.25) is 4.79 Å². The molecule has 0 radical (unpaired) electrons. The number of nitrogens with zero attached hydrogens (tertiary/aromatic N) is 1. The standard InChI is InChI=1S/C16H23ClN2O/c1-4-11-5-7-13(9-11)18-15-10-12(17)6-8-14(15)16(20)19(2)3/h6,8,10-11,13,18H,4-5,7,9H2,1-3H3. The summed E-state index contributed by atoms with van der Waals surface area (Å²) in [6.45, 7) is 2.24. The van der Waals surface area contributed by atoms with Gasteiger partial charge in [-0.25, -0.2) is 0 Å². The number of amides is 1. The van der Waals surface area contributed by atoms with E-state index in [4.69, 9.17) is 11.6 Å². The van der Waals surface area contributed by atoms with Gasteiger partial charge in [0.15, 0.2) is 0 Å². The lowest BCUT2D eigenvalue weighted by Gasteiger charge is -2.19. The van der Waals surface area contributed by atoms with E-state index < -0.39 is 0 Å². The van der Waals surface area contributed by atoms with E-state index in [0.29, 0.717) is 16.6 Å². The summed E-state index contributed by atoms with van der Waals surface area (Å²) >= 11 is 6.08. The molecule has 20 heavy (non-hydrogen) atoms. The molecule has 1 aromatic rings. The zero-order valence-corrected chi connectivity index (χ0v) is 13.2. The van der Waals surface area contributed by atoms with Gasteiger partial charge in [-0.05, 0) is 43.4 Å². The molecule has 1 aliphatic carbocycles. The van der Waals surface area contributed by atoms with Crippen molar-refractivity contribution in [3.8, 4) is 0 Å². The molecule has 0 bridgehead atoms. The van der Waals surface area contributed by atoms with Crippen molar-refractivity contribution < 1.29 is 4.79 Å². The first-order valence-electron chi connectivity index (χ1n) is 7.29. The number of hydrogen-bond acceptors (Lipinski definition) is 2. The molecule has 1 aliphatic rings. The highest BCUT2D eigenvalue weighted by Crippen LogP contribution is 2.32. The summed E-state index contributed by atoms with van der Waals surface area (Å²) in [6.07, 6.45) is 4.85. The molecule has 110 valence electrons. The first kappa shape index (κ1) is 15.2. The van der Waals surface area contributed by atoms with E-state index in [0.717, 1.165) is 11.6 Å². The van der Waals surface area contributed by atoms with Crippen LogP contribution in [0.5, 0.6) is 0 Å². The number of benzene rings is 1. The van der Waals surface area contributed by atoms with Crippen LogP contribution in [0.4, 0.5) is 5.69 Å². The van der Waals surface area contributed by atoms with Crippen molar-refractivity contribution >= 4 is 23.2 Å². The minimum absolute atomic E-state index is 0.00852. The monoisotopic (exact) mass is 294 g/mol. The van der Waals surface area contributed by atoms with Crippen LogP contribution in [0.2, 0.25) is 5.02 Å². The smallest absolute Gasteiger partial charge is 0.255 e. The summed E-state index contributed by atoms with van der Waals surface area (Å²) in [4.78, 5) is 13.8. The van der Waals surface area contributed by atoms with E-state index in [1.165, 1.54) is 25.7 Å². The van der Waals surface area contributed by atoms with E-state index in [1.54, 1.807) is 31.1 Å². The summed E-state index contributed by atoms with van der Waals surface area (Å²) in [5.41, 5.74) is 1.55. The fourth-order valence-electron chi connectivity index (χ4n) is 2.86. The Kier molecular flexibility index (Phi) is 4.92. The lowest BCUT2D eigenvalue weighted by Crippen LogP contribution is -2.24. The van der Waals surface area contributed by atoms with Crippen LogP contribution in [0.15, 0.2) is 18.2 Å². The second-order valence-electron chi connectivity index (χ2n) is 5.82. The minimum Gasteiger partial charge on any atom is -0.382 e.